The van der Waals surface area contributed by atoms with E-state index in [0.29, 0.717) is 29.5 Å². The summed E-state index contributed by atoms with van der Waals surface area (Å²) in [6, 6.07) is 3.04. The van der Waals surface area contributed by atoms with E-state index in [2.05, 4.69) is 39.9 Å². The zero-order chi connectivity index (χ0) is 19.3. The van der Waals surface area contributed by atoms with E-state index in [1.165, 1.54) is 45.2 Å². The number of aromatic amines is 1. The van der Waals surface area contributed by atoms with Crippen molar-refractivity contribution in [3.8, 4) is 0 Å². The number of fused-ring (bicyclic) bond motifs is 6. The van der Waals surface area contributed by atoms with Gasteiger partial charge in [0.25, 0.3) is 5.91 Å². The molecule has 152 valence electrons. The number of piperidine rings is 3. The first-order valence-electron chi connectivity index (χ1n) is 11.4. The third kappa shape index (κ3) is 3.22. The second-order valence-corrected chi connectivity index (χ2v) is 9.88. The molecule has 0 aromatic carbocycles. The number of aromatic nitrogens is 2. The van der Waals surface area contributed by atoms with Crippen molar-refractivity contribution in [2.75, 3.05) is 19.6 Å². The zero-order valence-electron chi connectivity index (χ0n) is 17.4. The summed E-state index contributed by atoms with van der Waals surface area (Å²) in [5.41, 5.74) is 3.22. The minimum Gasteiger partial charge on any atom is -0.330 e. The Morgan fingerprint density at radius 1 is 1.29 bits per heavy atom. The van der Waals surface area contributed by atoms with E-state index in [-0.39, 0.29) is 5.91 Å². The van der Waals surface area contributed by atoms with Gasteiger partial charge in [-0.05, 0) is 68.9 Å². The van der Waals surface area contributed by atoms with Gasteiger partial charge < -0.3 is 4.90 Å². The van der Waals surface area contributed by atoms with Crippen molar-refractivity contribution in [1.29, 1.82) is 0 Å². The van der Waals surface area contributed by atoms with Gasteiger partial charge in [0.2, 0.25) is 0 Å². The molecule has 0 radical (unpaired) electrons. The first-order chi connectivity index (χ1) is 13.6. The van der Waals surface area contributed by atoms with E-state index in [4.69, 9.17) is 0 Å². The highest BCUT2D eigenvalue weighted by molar-refractivity contribution is 5.93. The van der Waals surface area contributed by atoms with Gasteiger partial charge in [-0.25, -0.2) is 0 Å². The van der Waals surface area contributed by atoms with Crippen LogP contribution in [-0.2, 0) is 6.42 Å². The largest absolute Gasteiger partial charge is 0.330 e. The van der Waals surface area contributed by atoms with Crippen LogP contribution in [0.5, 0.6) is 0 Å². The molecule has 4 heterocycles. The number of likely N-dealkylation sites (tertiary alicyclic amines) is 1. The second-order valence-electron chi connectivity index (χ2n) is 9.88. The molecule has 28 heavy (non-hydrogen) atoms. The Bertz CT molecular complexity index is 766. The lowest BCUT2D eigenvalue weighted by molar-refractivity contribution is 0.00131. The van der Waals surface area contributed by atoms with Gasteiger partial charge in [-0.1, -0.05) is 31.9 Å². The van der Waals surface area contributed by atoms with Gasteiger partial charge >= 0.3 is 0 Å². The summed E-state index contributed by atoms with van der Waals surface area (Å²) in [6.07, 6.45) is 11.1. The molecular formula is C23H34N4O. The van der Waals surface area contributed by atoms with Crippen molar-refractivity contribution in [3.05, 3.63) is 29.1 Å². The van der Waals surface area contributed by atoms with Gasteiger partial charge in [0.1, 0.15) is 5.69 Å². The van der Waals surface area contributed by atoms with Crippen LogP contribution in [-0.4, -0.2) is 57.6 Å². The lowest BCUT2D eigenvalue weighted by Crippen LogP contribution is -2.60. The maximum Gasteiger partial charge on any atom is 0.274 e. The van der Waals surface area contributed by atoms with Gasteiger partial charge in [0.05, 0.1) is 6.04 Å². The van der Waals surface area contributed by atoms with Crippen LogP contribution in [0.1, 0.15) is 68.6 Å². The summed E-state index contributed by atoms with van der Waals surface area (Å²) in [6.45, 7) is 7.68. The van der Waals surface area contributed by atoms with Crippen LogP contribution in [0.3, 0.4) is 0 Å². The molecule has 1 N–H and O–H groups in total. The average Bonchev–Trinajstić information content (AvgIpc) is 3.15. The summed E-state index contributed by atoms with van der Waals surface area (Å²) in [4.78, 5) is 18.3. The maximum atomic E-state index is 13.4. The van der Waals surface area contributed by atoms with Gasteiger partial charge in [-0.15, -0.1) is 0 Å². The van der Waals surface area contributed by atoms with Gasteiger partial charge in [0.15, 0.2) is 0 Å². The third-order valence-corrected chi connectivity index (χ3v) is 7.40. The lowest BCUT2D eigenvalue weighted by Gasteiger charge is -2.54. The average molecular weight is 383 g/mol. The van der Waals surface area contributed by atoms with Gasteiger partial charge in [-0.2, -0.15) is 5.10 Å². The Labute approximate surface area is 168 Å². The van der Waals surface area contributed by atoms with Crippen LogP contribution in [0.25, 0.3) is 0 Å². The molecule has 0 spiro atoms. The van der Waals surface area contributed by atoms with E-state index in [9.17, 15) is 4.79 Å². The molecule has 5 nitrogen and oxygen atoms in total. The highest BCUT2D eigenvalue weighted by atomic mass is 16.2. The van der Waals surface area contributed by atoms with Crippen molar-refractivity contribution in [2.45, 2.75) is 70.9 Å². The molecule has 1 amide bonds. The number of hydrogen-bond acceptors (Lipinski definition) is 3. The van der Waals surface area contributed by atoms with Gasteiger partial charge in [-0.3, -0.25) is 14.8 Å². The minimum absolute atomic E-state index is 0.126. The number of nitrogens with zero attached hydrogens (tertiary/aromatic N) is 3. The van der Waals surface area contributed by atoms with Gasteiger partial charge in [0, 0.05) is 24.8 Å². The summed E-state index contributed by atoms with van der Waals surface area (Å²) >= 11 is 0. The Balaban J connectivity index is 1.40. The van der Waals surface area contributed by atoms with E-state index < -0.39 is 0 Å². The third-order valence-electron chi connectivity index (χ3n) is 7.40. The van der Waals surface area contributed by atoms with E-state index in [1.807, 2.05) is 6.07 Å². The second kappa shape index (κ2) is 7.33. The Morgan fingerprint density at radius 3 is 3.04 bits per heavy atom. The zero-order valence-corrected chi connectivity index (χ0v) is 17.4. The molecule has 1 aromatic heterocycles. The molecular weight excluding hydrogens is 348 g/mol. The molecule has 3 fully saturated rings. The van der Waals surface area contributed by atoms with E-state index in [1.54, 1.807) is 5.57 Å². The number of rotatable bonds is 3. The lowest BCUT2D eigenvalue weighted by atomic mass is 9.68. The van der Waals surface area contributed by atoms with Crippen LogP contribution in [0.15, 0.2) is 17.7 Å². The van der Waals surface area contributed by atoms with Crippen LogP contribution in [0.4, 0.5) is 0 Å². The normalized spacial score (nSPS) is 32.7. The smallest absolute Gasteiger partial charge is 0.274 e. The number of hydrogen-bond donors (Lipinski definition) is 1. The standard InChI is InChI=1S/C23H34N4O/c1-15(2)10-19-13-20(25-24-19)23(28)27-9-5-6-16-11-17-12-18(22(16)27)14-26-8-4-3-7-21(17)26/h11,13,15,17-18,21-22H,3-10,12,14H2,1-2H3,(H,24,25)/t17-,18+,21+,22+/m0/s1. The summed E-state index contributed by atoms with van der Waals surface area (Å²) in [5.74, 6) is 1.99. The molecule has 1 aromatic rings. The fourth-order valence-electron chi connectivity index (χ4n) is 6.36. The van der Waals surface area contributed by atoms with Crippen molar-refractivity contribution in [3.63, 3.8) is 0 Å². The van der Waals surface area contributed by atoms with Crippen LogP contribution >= 0.6 is 0 Å². The quantitative estimate of drug-likeness (QED) is 0.812. The van der Waals surface area contributed by atoms with Crippen LogP contribution in [0.2, 0.25) is 0 Å². The van der Waals surface area contributed by atoms with E-state index in [0.717, 1.165) is 31.1 Å². The van der Waals surface area contributed by atoms with Crippen molar-refractivity contribution >= 4 is 5.91 Å². The molecule has 3 saturated heterocycles. The highest BCUT2D eigenvalue weighted by Crippen LogP contribution is 2.45. The Hall–Kier alpha value is -1.62. The predicted molar refractivity (Wildman–Crippen MR) is 110 cm³/mol. The minimum atomic E-state index is 0.126. The molecule has 4 atom stereocenters. The number of amides is 1. The van der Waals surface area contributed by atoms with Crippen molar-refractivity contribution in [2.24, 2.45) is 17.8 Å². The van der Waals surface area contributed by atoms with Crippen LogP contribution in [0, 0.1) is 17.8 Å². The highest BCUT2D eigenvalue weighted by Gasteiger charge is 2.47. The molecule has 4 aliphatic rings. The van der Waals surface area contributed by atoms with Crippen molar-refractivity contribution < 1.29 is 4.79 Å². The predicted octanol–water partition coefficient (Wildman–Crippen LogP) is 3.64. The molecule has 5 heteroatoms. The SMILES string of the molecule is CC(C)Cc1cc(C(=O)N2CCCC3=C[C@H]4C[C@H](CN5CCCC[C@H]45)[C@@H]32)n[nH]1. The van der Waals surface area contributed by atoms with Crippen molar-refractivity contribution in [1.82, 2.24) is 20.0 Å². The summed E-state index contributed by atoms with van der Waals surface area (Å²) < 4.78 is 0. The topological polar surface area (TPSA) is 52.2 Å². The number of carbonyl (C=O) groups is 1. The molecule has 5 rings (SSSR count). The number of carbonyl (C=O) groups excluding carboxylic acids is 1. The Morgan fingerprint density at radius 2 is 2.18 bits per heavy atom. The molecule has 0 unspecified atom stereocenters. The number of H-pyrrole nitrogens is 1. The summed E-state index contributed by atoms with van der Waals surface area (Å²) in [5, 5.41) is 7.47. The fourth-order valence-corrected chi connectivity index (χ4v) is 6.36. The number of nitrogens with one attached hydrogen (secondary N) is 1. The molecule has 0 saturated carbocycles. The molecule has 1 aliphatic carbocycles. The van der Waals surface area contributed by atoms with Crippen LogP contribution < -0.4 is 0 Å². The maximum absolute atomic E-state index is 13.4. The fraction of sp³-hybridized carbons (Fsp3) is 0.739. The molecule has 3 aliphatic heterocycles. The first-order valence-corrected chi connectivity index (χ1v) is 11.4. The van der Waals surface area contributed by atoms with E-state index >= 15 is 0 Å². The first kappa shape index (κ1) is 18.4. The monoisotopic (exact) mass is 382 g/mol. The summed E-state index contributed by atoms with van der Waals surface area (Å²) in [7, 11) is 0. The molecule has 2 bridgehead atoms. The Kier molecular flexibility index (Phi) is 4.82.